The third-order valence-electron chi connectivity index (χ3n) is 3.42. The van der Waals surface area contributed by atoms with Gasteiger partial charge in [-0.3, -0.25) is 10.6 Å². The summed E-state index contributed by atoms with van der Waals surface area (Å²) in [4.78, 5) is 12.2. The van der Waals surface area contributed by atoms with Crippen molar-refractivity contribution in [3.8, 4) is 17.1 Å². The lowest BCUT2D eigenvalue weighted by Crippen LogP contribution is -3.00. The number of carbonyl (C=O) groups excluding carboxylic acids is 1. The van der Waals surface area contributed by atoms with Crippen molar-refractivity contribution in [2.45, 2.75) is 27.3 Å². The van der Waals surface area contributed by atoms with E-state index in [-0.39, 0.29) is 28.2 Å². The van der Waals surface area contributed by atoms with Gasteiger partial charge < -0.3 is 21.7 Å². The number of rotatable bonds is 4. The minimum atomic E-state index is -0.374. The summed E-state index contributed by atoms with van der Waals surface area (Å²) >= 11 is 0. The molecular formula is C16H22BrN3O2. The average Bonchev–Trinajstić information content (AvgIpc) is 2.79. The molecule has 0 spiro atoms. The minimum absolute atomic E-state index is 0. The summed E-state index contributed by atoms with van der Waals surface area (Å²) in [5, 5.41) is 0. The first-order chi connectivity index (χ1) is 9.82. The number of halogens is 1. The minimum Gasteiger partial charge on any atom is -1.00 e. The lowest BCUT2D eigenvalue weighted by atomic mass is 9.91. The molecule has 1 heterocycles. The average molecular weight is 368 g/mol. The summed E-state index contributed by atoms with van der Waals surface area (Å²) in [6, 6.07) is 7.60. The van der Waals surface area contributed by atoms with Gasteiger partial charge in [0, 0.05) is 5.41 Å². The Hall–Kier alpha value is -1.82. The van der Waals surface area contributed by atoms with Gasteiger partial charge in [0.15, 0.2) is 12.0 Å². The molecule has 0 unspecified atom stereocenters. The van der Waals surface area contributed by atoms with Crippen molar-refractivity contribution in [2.75, 3.05) is 13.0 Å². The van der Waals surface area contributed by atoms with Gasteiger partial charge in [-0.1, -0.05) is 20.8 Å². The van der Waals surface area contributed by atoms with Crippen LogP contribution < -0.4 is 32.2 Å². The van der Waals surface area contributed by atoms with E-state index >= 15 is 0 Å². The molecule has 6 heteroatoms. The van der Waals surface area contributed by atoms with Crippen LogP contribution in [-0.4, -0.2) is 17.5 Å². The van der Waals surface area contributed by atoms with E-state index in [1.165, 1.54) is 4.68 Å². The van der Waals surface area contributed by atoms with E-state index in [1.54, 1.807) is 13.3 Å². The topological polar surface area (TPSA) is 61.1 Å². The summed E-state index contributed by atoms with van der Waals surface area (Å²) in [7, 11) is 1.63. The van der Waals surface area contributed by atoms with Gasteiger partial charge in [0.2, 0.25) is 0 Å². The highest BCUT2D eigenvalue weighted by atomic mass is 79.9. The van der Waals surface area contributed by atoms with Crippen LogP contribution in [0, 0.1) is 5.41 Å². The number of nitrogens with two attached hydrogens (primary N) is 1. The second kappa shape index (κ2) is 6.96. The molecule has 0 saturated heterocycles. The van der Waals surface area contributed by atoms with E-state index in [1.807, 2.05) is 55.8 Å². The third-order valence-corrected chi connectivity index (χ3v) is 3.42. The number of carbonyl (C=O) groups is 1. The maximum absolute atomic E-state index is 12.2. The van der Waals surface area contributed by atoms with E-state index in [2.05, 4.69) is 0 Å². The number of ketones is 1. The van der Waals surface area contributed by atoms with Gasteiger partial charge >= 0.3 is 5.82 Å². The van der Waals surface area contributed by atoms with Crippen molar-refractivity contribution in [1.29, 1.82) is 0 Å². The van der Waals surface area contributed by atoms with Gasteiger partial charge in [-0.2, -0.15) is 0 Å². The van der Waals surface area contributed by atoms with Crippen LogP contribution in [0.4, 0.5) is 0 Å². The Bertz CT molecular complexity index is 642. The molecule has 0 bridgehead atoms. The molecular weight excluding hydrogens is 346 g/mol. The fourth-order valence-corrected chi connectivity index (χ4v) is 2.02. The second-order valence-corrected chi connectivity index (χ2v) is 6.06. The van der Waals surface area contributed by atoms with Gasteiger partial charge in [-0.25, -0.2) is 4.57 Å². The summed E-state index contributed by atoms with van der Waals surface area (Å²) in [5.74, 6) is 7.71. The molecule has 0 amide bonds. The summed E-state index contributed by atoms with van der Waals surface area (Å²) < 4.78 is 8.55. The van der Waals surface area contributed by atoms with Crippen LogP contribution in [0.1, 0.15) is 20.8 Å². The molecule has 0 saturated carbocycles. The number of nitrogen functional groups attached to an aromatic ring is 1. The van der Waals surface area contributed by atoms with Crippen molar-refractivity contribution in [3.05, 3.63) is 36.7 Å². The number of hydrogen-bond acceptors (Lipinski definition) is 3. The third kappa shape index (κ3) is 3.88. The van der Waals surface area contributed by atoms with Crippen molar-refractivity contribution < 1.29 is 31.2 Å². The number of aromatic nitrogens is 2. The molecule has 2 aromatic rings. The summed E-state index contributed by atoms with van der Waals surface area (Å²) in [6.45, 7) is 6.06. The highest BCUT2D eigenvalue weighted by Crippen LogP contribution is 2.21. The van der Waals surface area contributed by atoms with Crippen LogP contribution in [-0.2, 0) is 11.3 Å². The molecule has 0 aliphatic carbocycles. The van der Waals surface area contributed by atoms with Crippen LogP contribution in [0.2, 0.25) is 0 Å². The Kier molecular flexibility index (Phi) is 5.77. The quantitative estimate of drug-likeness (QED) is 0.544. The van der Waals surface area contributed by atoms with E-state index in [0.29, 0.717) is 6.54 Å². The Morgan fingerprint density at radius 3 is 2.36 bits per heavy atom. The Labute approximate surface area is 141 Å². The standard InChI is InChI=1S/C16H22N3O2.BrH/c1-16(2,3)14(20)11-18-9-10-19(17)15(18)12-5-7-13(21-4)8-6-12;/h5-10H,11,17H2,1-4H3;1H/q+1;/p-1. The fraction of sp³-hybridized carbons (Fsp3) is 0.375. The number of Topliss-reactive ketones (excluding diaryl/α,β-unsaturated/α-hetero) is 1. The molecule has 0 radical (unpaired) electrons. The molecule has 22 heavy (non-hydrogen) atoms. The van der Waals surface area contributed by atoms with Crippen LogP contribution >= 0.6 is 0 Å². The van der Waals surface area contributed by atoms with Gasteiger partial charge in [0.05, 0.1) is 12.7 Å². The van der Waals surface area contributed by atoms with Crippen molar-refractivity contribution in [3.63, 3.8) is 0 Å². The molecule has 0 atom stereocenters. The lowest BCUT2D eigenvalue weighted by molar-refractivity contribution is -0.626. The Balaban J connectivity index is 0.00000242. The monoisotopic (exact) mass is 367 g/mol. The first-order valence-corrected chi connectivity index (χ1v) is 6.86. The van der Waals surface area contributed by atoms with E-state index in [0.717, 1.165) is 17.1 Å². The zero-order chi connectivity index (χ0) is 15.6. The molecule has 0 aliphatic rings. The number of ether oxygens (including phenoxy) is 1. The number of benzene rings is 1. The maximum atomic E-state index is 12.2. The second-order valence-electron chi connectivity index (χ2n) is 6.06. The van der Waals surface area contributed by atoms with Crippen LogP contribution in [0.15, 0.2) is 36.7 Å². The first-order valence-electron chi connectivity index (χ1n) is 6.86. The molecule has 1 aromatic heterocycles. The van der Waals surface area contributed by atoms with Crippen LogP contribution in [0.3, 0.4) is 0 Å². The van der Waals surface area contributed by atoms with Gasteiger partial charge in [0.25, 0.3) is 0 Å². The predicted octanol–water partition coefficient (Wildman–Crippen LogP) is -1.22. The molecule has 2 N–H and O–H groups in total. The first kappa shape index (κ1) is 18.2. The zero-order valence-electron chi connectivity index (χ0n) is 13.3. The van der Waals surface area contributed by atoms with Gasteiger partial charge in [0.1, 0.15) is 18.5 Å². The summed E-state index contributed by atoms with van der Waals surface area (Å²) in [5.41, 5.74) is 0.561. The Morgan fingerprint density at radius 2 is 1.86 bits per heavy atom. The molecule has 120 valence electrons. The van der Waals surface area contributed by atoms with Crippen molar-refractivity contribution in [1.82, 2.24) is 4.57 Å². The predicted molar refractivity (Wildman–Crippen MR) is 81.2 cm³/mol. The molecule has 0 aliphatic heterocycles. The number of nitrogens with zero attached hydrogens (tertiary/aromatic N) is 2. The smallest absolute Gasteiger partial charge is 0.312 e. The highest BCUT2D eigenvalue weighted by molar-refractivity contribution is 5.83. The van der Waals surface area contributed by atoms with Crippen LogP contribution in [0.25, 0.3) is 11.4 Å². The number of hydrogen-bond donors (Lipinski definition) is 1. The van der Waals surface area contributed by atoms with Crippen molar-refractivity contribution >= 4 is 5.78 Å². The number of imidazole rings is 1. The molecule has 0 fully saturated rings. The molecule has 5 nitrogen and oxygen atoms in total. The van der Waals surface area contributed by atoms with Crippen LogP contribution in [0.5, 0.6) is 5.75 Å². The van der Waals surface area contributed by atoms with Gasteiger partial charge in [-0.05, 0) is 24.3 Å². The largest absolute Gasteiger partial charge is 1.00 e. The zero-order valence-corrected chi connectivity index (χ0v) is 14.9. The van der Waals surface area contributed by atoms with E-state index in [9.17, 15) is 4.79 Å². The molecule has 2 rings (SSSR count). The Morgan fingerprint density at radius 1 is 1.27 bits per heavy atom. The molecule has 1 aromatic carbocycles. The van der Waals surface area contributed by atoms with E-state index in [4.69, 9.17) is 10.6 Å². The lowest BCUT2D eigenvalue weighted by Gasteiger charge is -2.15. The SMILES string of the molecule is COc1ccc(-c2n(CC(=O)C(C)(C)C)cc[n+]2N)cc1.[Br-]. The van der Waals surface area contributed by atoms with Crippen molar-refractivity contribution in [2.24, 2.45) is 5.41 Å². The fourth-order valence-electron chi connectivity index (χ4n) is 2.02. The van der Waals surface area contributed by atoms with Gasteiger partial charge in [-0.15, -0.1) is 4.68 Å². The normalized spacial score (nSPS) is 10.9. The highest BCUT2D eigenvalue weighted by Gasteiger charge is 2.27. The maximum Gasteiger partial charge on any atom is 0.312 e. The number of methoxy groups -OCH3 is 1. The van der Waals surface area contributed by atoms with E-state index < -0.39 is 0 Å². The summed E-state index contributed by atoms with van der Waals surface area (Å²) in [6.07, 6.45) is 3.57.